The summed E-state index contributed by atoms with van der Waals surface area (Å²) in [7, 11) is 0. The van der Waals surface area contributed by atoms with Crippen molar-refractivity contribution < 1.29 is 19.1 Å². The minimum Gasteiger partial charge on any atom is -0.466 e. The van der Waals surface area contributed by atoms with Crippen LogP contribution < -0.4 is 4.90 Å². The Morgan fingerprint density at radius 2 is 1.70 bits per heavy atom. The van der Waals surface area contributed by atoms with Crippen molar-refractivity contribution in [1.82, 2.24) is 9.80 Å². The molecule has 3 amide bonds. The summed E-state index contributed by atoms with van der Waals surface area (Å²) in [4.78, 5) is 46.1. The van der Waals surface area contributed by atoms with Crippen LogP contribution in [0.25, 0.3) is 0 Å². The molecule has 0 bridgehead atoms. The third kappa shape index (κ3) is 6.46. The number of carbonyl (C=O) groups is 3. The van der Waals surface area contributed by atoms with Gasteiger partial charge in [0.2, 0.25) is 0 Å². The fourth-order valence-corrected chi connectivity index (χ4v) is 6.89. The largest absolute Gasteiger partial charge is 0.466 e. The van der Waals surface area contributed by atoms with E-state index in [0.29, 0.717) is 79.8 Å². The number of carbonyl (C=O) groups excluding carboxylic acids is 3. The number of esters is 1. The van der Waals surface area contributed by atoms with E-state index in [4.69, 9.17) is 27.9 Å². The molecule has 8 nitrogen and oxygen atoms in total. The average Bonchev–Trinajstić information content (AvgIpc) is 3.47. The number of halogens is 2. The first kappa shape index (κ1) is 31.5. The summed E-state index contributed by atoms with van der Waals surface area (Å²) < 4.78 is 5.05. The number of nitrogens with zero attached hydrogens (tertiary/aromatic N) is 4. The molecule has 0 saturated carbocycles. The Balaban J connectivity index is 1.53. The minimum atomic E-state index is -1.21. The van der Waals surface area contributed by atoms with Gasteiger partial charge in [-0.25, -0.2) is 9.69 Å². The topological polar surface area (TPSA) is 93.9 Å². The normalized spacial score (nSPS) is 20.0. The first-order valence-electron chi connectivity index (χ1n) is 14.8. The molecule has 3 aromatic rings. The molecule has 5 rings (SSSR count). The lowest BCUT2D eigenvalue weighted by Crippen LogP contribution is -2.55. The maximum absolute atomic E-state index is 14.8. The molecule has 228 valence electrons. The third-order valence-electron chi connectivity index (χ3n) is 8.32. The Morgan fingerprint density at radius 1 is 1.00 bits per heavy atom. The van der Waals surface area contributed by atoms with Crippen LogP contribution in [0.3, 0.4) is 0 Å². The van der Waals surface area contributed by atoms with Crippen LogP contribution in [0.2, 0.25) is 10.0 Å². The zero-order valence-corrected chi connectivity index (χ0v) is 26.1. The number of rotatable bonds is 11. The van der Waals surface area contributed by atoms with Crippen molar-refractivity contribution >= 4 is 46.8 Å². The molecule has 1 spiro atoms. The lowest BCUT2D eigenvalue weighted by atomic mass is 9.80. The first-order chi connectivity index (χ1) is 21.3. The van der Waals surface area contributed by atoms with E-state index >= 15 is 0 Å². The lowest BCUT2D eigenvalue weighted by Gasteiger charge is -2.36. The Kier molecular flexibility index (Phi) is 9.90. The molecule has 0 aromatic heterocycles. The predicted molar refractivity (Wildman–Crippen MR) is 169 cm³/mol. The zero-order valence-electron chi connectivity index (χ0n) is 24.5. The summed E-state index contributed by atoms with van der Waals surface area (Å²) in [5.41, 5.74) is 1.60. The summed E-state index contributed by atoms with van der Waals surface area (Å²) >= 11 is 12.6. The summed E-state index contributed by atoms with van der Waals surface area (Å²) in [6, 6.07) is 23.7. The molecule has 10 heteroatoms. The van der Waals surface area contributed by atoms with Crippen LogP contribution in [0, 0.1) is 11.3 Å². The van der Waals surface area contributed by atoms with Crippen LogP contribution in [0.5, 0.6) is 0 Å². The molecular weight excluding hydrogens is 599 g/mol. The number of benzene rings is 3. The molecule has 44 heavy (non-hydrogen) atoms. The Hall–Kier alpha value is -3.90. The van der Waals surface area contributed by atoms with E-state index in [-0.39, 0.29) is 17.8 Å². The number of anilines is 1. The molecule has 2 fully saturated rings. The standard InChI is InChI=1S/C34H34Cl2N4O4/c1-2-44-31(41)11-7-4-8-16-39-33(43)40(29-18-27(35)17-28(36)19-29)32(42)34(39)23-38(21-25-9-5-3-6-10-25)22-30(34)26-14-12-24(20-37)13-15-26/h3,5-6,9-10,12-15,17-19,30H,2,4,7-8,11,16,21-23H2,1H3/t30-,34-/m1/s1. The second-order valence-electron chi connectivity index (χ2n) is 11.2. The second-order valence-corrected chi connectivity index (χ2v) is 12.1. The van der Waals surface area contributed by atoms with E-state index in [1.807, 2.05) is 42.5 Å². The van der Waals surface area contributed by atoms with E-state index in [9.17, 15) is 19.6 Å². The quantitative estimate of drug-likeness (QED) is 0.131. The van der Waals surface area contributed by atoms with Gasteiger partial charge in [0.15, 0.2) is 0 Å². The SMILES string of the molecule is CCOC(=O)CCCCCN1C(=O)N(c2cc(Cl)cc(Cl)c2)C(=O)[C@]12CN(Cc1ccccc1)C[C@@H]2c1ccc(C#N)cc1. The van der Waals surface area contributed by atoms with Gasteiger partial charge in [-0.15, -0.1) is 0 Å². The van der Waals surface area contributed by atoms with E-state index in [0.717, 1.165) is 11.1 Å². The molecular formula is C34H34Cl2N4O4. The van der Waals surface area contributed by atoms with Gasteiger partial charge in [0, 0.05) is 48.6 Å². The highest BCUT2D eigenvalue weighted by molar-refractivity contribution is 6.35. The van der Waals surface area contributed by atoms with Crippen molar-refractivity contribution in [3.8, 4) is 6.07 Å². The summed E-state index contributed by atoms with van der Waals surface area (Å²) in [6.45, 7) is 3.90. The molecule has 0 unspecified atom stereocenters. The second kappa shape index (κ2) is 13.8. The van der Waals surface area contributed by atoms with Crippen molar-refractivity contribution in [2.75, 3.05) is 31.1 Å². The number of urea groups is 1. The van der Waals surface area contributed by atoms with Crippen LogP contribution >= 0.6 is 23.2 Å². The summed E-state index contributed by atoms with van der Waals surface area (Å²) in [5, 5.41) is 10.1. The smallest absolute Gasteiger partial charge is 0.332 e. The summed E-state index contributed by atoms with van der Waals surface area (Å²) in [5.74, 6) is -0.944. The first-order valence-corrected chi connectivity index (χ1v) is 15.6. The van der Waals surface area contributed by atoms with Crippen LogP contribution in [0.1, 0.15) is 55.2 Å². The van der Waals surface area contributed by atoms with Crippen molar-refractivity contribution in [3.05, 3.63) is 99.5 Å². The lowest BCUT2D eigenvalue weighted by molar-refractivity contribution is -0.143. The molecule has 2 atom stereocenters. The van der Waals surface area contributed by atoms with Crippen LogP contribution in [0.15, 0.2) is 72.8 Å². The molecule has 2 aliphatic heterocycles. The number of unbranched alkanes of at least 4 members (excludes halogenated alkanes) is 2. The van der Waals surface area contributed by atoms with Crippen LogP contribution in [0.4, 0.5) is 10.5 Å². The van der Waals surface area contributed by atoms with Crippen LogP contribution in [-0.4, -0.2) is 59.5 Å². The van der Waals surface area contributed by atoms with E-state index in [1.165, 1.54) is 4.90 Å². The fraction of sp³-hybridized carbons (Fsp3) is 0.353. The van der Waals surface area contributed by atoms with Crippen molar-refractivity contribution in [3.63, 3.8) is 0 Å². The number of ether oxygens (including phenoxy) is 1. The van der Waals surface area contributed by atoms with Gasteiger partial charge in [-0.2, -0.15) is 5.26 Å². The Morgan fingerprint density at radius 3 is 2.36 bits per heavy atom. The van der Waals surface area contributed by atoms with Gasteiger partial charge in [-0.3, -0.25) is 14.5 Å². The highest BCUT2D eigenvalue weighted by atomic mass is 35.5. The number of hydrogen-bond acceptors (Lipinski definition) is 6. The van der Waals surface area contributed by atoms with Gasteiger partial charge in [-0.05, 0) is 61.2 Å². The number of nitriles is 1. The molecule has 3 aromatic carbocycles. The van der Waals surface area contributed by atoms with Gasteiger partial charge < -0.3 is 9.64 Å². The maximum atomic E-state index is 14.8. The predicted octanol–water partition coefficient (Wildman–Crippen LogP) is 6.80. The monoisotopic (exact) mass is 632 g/mol. The highest BCUT2D eigenvalue weighted by Crippen LogP contribution is 2.48. The fourth-order valence-electron chi connectivity index (χ4n) is 6.38. The summed E-state index contributed by atoms with van der Waals surface area (Å²) in [6.07, 6.45) is 2.21. The minimum absolute atomic E-state index is 0.242. The van der Waals surface area contributed by atoms with E-state index in [1.54, 1.807) is 42.2 Å². The maximum Gasteiger partial charge on any atom is 0.332 e. The molecule has 2 heterocycles. The third-order valence-corrected chi connectivity index (χ3v) is 8.76. The molecule has 0 aliphatic carbocycles. The number of likely N-dealkylation sites (tertiary alicyclic amines) is 1. The highest BCUT2D eigenvalue weighted by Gasteiger charge is 2.65. The van der Waals surface area contributed by atoms with Crippen LogP contribution in [-0.2, 0) is 20.9 Å². The van der Waals surface area contributed by atoms with Gasteiger partial charge in [0.25, 0.3) is 5.91 Å². The van der Waals surface area contributed by atoms with E-state index < -0.39 is 11.6 Å². The van der Waals surface area contributed by atoms with Gasteiger partial charge >= 0.3 is 12.0 Å². The molecule has 0 radical (unpaired) electrons. The van der Waals surface area contributed by atoms with Crippen molar-refractivity contribution in [1.29, 1.82) is 5.26 Å². The zero-order chi connectivity index (χ0) is 31.3. The molecule has 0 N–H and O–H groups in total. The van der Waals surface area contributed by atoms with E-state index in [2.05, 4.69) is 11.0 Å². The number of amides is 3. The van der Waals surface area contributed by atoms with Gasteiger partial charge in [-0.1, -0.05) is 72.1 Å². The van der Waals surface area contributed by atoms with Gasteiger partial charge in [0.05, 0.1) is 23.9 Å². The Bertz CT molecular complexity index is 1540. The number of imide groups is 1. The molecule has 2 aliphatic rings. The van der Waals surface area contributed by atoms with Crippen molar-refractivity contribution in [2.45, 2.75) is 50.6 Å². The van der Waals surface area contributed by atoms with Gasteiger partial charge in [0.1, 0.15) is 5.54 Å². The average molecular weight is 634 g/mol. The number of hydrogen-bond donors (Lipinski definition) is 0. The Labute approximate surface area is 267 Å². The molecule has 2 saturated heterocycles. The van der Waals surface area contributed by atoms with Crippen molar-refractivity contribution in [2.24, 2.45) is 0 Å².